The summed E-state index contributed by atoms with van der Waals surface area (Å²) in [5.41, 5.74) is 4.67. The molecular weight excluding hydrogens is 286 g/mol. The van der Waals surface area contributed by atoms with Gasteiger partial charge in [-0.05, 0) is 31.0 Å². The largest absolute Gasteiger partial charge is 0.358 e. The Balaban J connectivity index is 1.78. The molecule has 2 aromatic rings. The first-order chi connectivity index (χ1) is 10.2. The number of fused-ring (bicyclic) bond motifs is 3. The lowest BCUT2D eigenvalue weighted by Crippen LogP contribution is -2.32. The Morgan fingerprint density at radius 3 is 3.05 bits per heavy atom. The molecule has 1 aromatic carbocycles. The van der Waals surface area contributed by atoms with Crippen LogP contribution in [0.2, 0.25) is 5.02 Å². The molecule has 21 heavy (non-hydrogen) atoms. The number of benzene rings is 1. The molecule has 2 aliphatic rings. The van der Waals surface area contributed by atoms with Crippen molar-refractivity contribution in [1.29, 1.82) is 0 Å². The molecule has 108 valence electrons. The summed E-state index contributed by atoms with van der Waals surface area (Å²) >= 11 is 6.14. The molecule has 2 heterocycles. The van der Waals surface area contributed by atoms with Crippen molar-refractivity contribution in [3.05, 3.63) is 34.5 Å². The Kier molecular flexibility index (Phi) is 2.89. The van der Waals surface area contributed by atoms with E-state index in [1.165, 1.54) is 11.3 Å². The summed E-state index contributed by atoms with van der Waals surface area (Å²) in [7, 11) is 1.93. The lowest BCUT2D eigenvalue weighted by atomic mass is 10.1. The van der Waals surface area contributed by atoms with Crippen molar-refractivity contribution in [2.45, 2.75) is 12.8 Å². The van der Waals surface area contributed by atoms with Gasteiger partial charge in [-0.1, -0.05) is 11.6 Å². The van der Waals surface area contributed by atoms with E-state index in [-0.39, 0.29) is 0 Å². The lowest BCUT2D eigenvalue weighted by Gasteiger charge is -2.14. The van der Waals surface area contributed by atoms with Crippen molar-refractivity contribution >= 4 is 34.2 Å². The van der Waals surface area contributed by atoms with E-state index in [9.17, 15) is 0 Å². The second-order valence-corrected chi connectivity index (χ2v) is 5.81. The predicted molar refractivity (Wildman–Crippen MR) is 86.2 cm³/mol. The minimum atomic E-state index is 0.755. The van der Waals surface area contributed by atoms with Gasteiger partial charge >= 0.3 is 0 Å². The predicted octanol–water partition coefficient (Wildman–Crippen LogP) is 2.36. The smallest absolute Gasteiger partial charge is 0.214 e. The van der Waals surface area contributed by atoms with Gasteiger partial charge in [0.15, 0.2) is 0 Å². The number of hydrogen-bond donors (Lipinski definition) is 2. The molecular formula is C15H16ClN5. The van der Waals surface area contributed by atoms with Gasteiger partial charge in [0.25, 0.3) is 0 Å². The van der Waals surface area contributed by atoms with Gasteiger partial charge in [0, 0.05) is 40.8 Å². The van der Waals surface area contributed by atoms with E-state index in [1.54, 1.807) is 0 Å². The highest BCUT2D eigenvalue weighted by Gasteiger charge is 2.24. The Morgan fingerprint density at radius 2 is 2.24 bits per heavy atom. The third-order valence-electron chi connectivity index (χ3n) is 3.97. The van der Waals surface area contributed by atoms with Crippen LogP contribution in [-0.4, -0.2) is 41.8 Å². The number of halogens is 1. The number of aromatic nitrogens is 1. The van der Waals surface area contributed by atoms with Gasteiger partial charge in [0.05, 0.1) is 12.3 Å². The number of nitrogens with zero attached hydrogens (tertiary/aromatic N) is 3. The van der Waals surface area contributed by atoms with Crippen molar-refractivity contribution < 1.29 is 0 Å². The maximum Gasteiger partial charge on any atom is 0.214 e. The Hall–Kier alpha value is -2.01. The SMILES string of the molecule is CN(N=C1CCc2[nH]c3ccc(Cl)cc3c21)C1=NCCN1. The average molecular weight is 302 g/mol. The zero-order valence-electron chi connectivity index (χ0n) is 11.8. The van der Waals surface area contributed by atoms with Gasteiger partial charge in [-0.25, -0.2) is 10.0 Å². The number of H-pyrrole nitrogens is 1. The van der Waals surface area contributed by atoms with Crippen molar-refractivity contribution in [3.8, 4) is 0 Å². The van der Waals surface area contributed by atoms with Crippen LogP contribution in [0, 0.1) is 0 Å². The zero-order chi connectivity index (χ0) is 14.4. The minimum absolute atomic E-state index is 0.755. The number of hydrazone groups is 1. The summed E-state index contributed by atoms with van der Waals surface area (Å²) in [4.78, 5) is 7.87. The minimum Gasteiger partial charge on any atom is -0.358 e. The molecule has 0 fully saturated rings. The summed E-state index contributed by atoms with van der Waals surface area (Å²) in [6.07, 6.45) is 1.94. The van der Waals surface area contributed by atoms with Crippen LogP contribution < -0.4 is 5.32 Å². The van der Waals surface area contributed by atoms with Gasteiger partial charge in [0.2, 0.25) is 5.96 Å². The van der Waals surface area contributed by atoms with E-state index >= 15 is 0 Å². The summed E-state index contributed by atoms with van der Waals surface area (Å²) in [6.45, 7) is 1.71. The third-order valence-corrected chi connectivity index (χ3v) is 4.21. The number of nitrogens with one attached hydrogen (secondary N) is 2. The number of hydrogen-bond acceptors (Lipinski definition) is 4. The van der Waals surface area contributed by atoms with Crippen molar-refractivity contribution in [2.75, 3.05) is 20.1 Å². The van der Waals surface area contributed by atoms with Crippen LogP contribution in [0.1, 0.15) is 17.7 Å². The molecule has 2 N–H and O–H groups in total. The van der Waals surface area contributed by atoms with Gasteiger partial charge in [-0.2, -0.15) is 5.10 Å². The van der Waals surface area contributed by atoms with Crippen LogP contribution in [0.5, 0.6) is 0 Å². The van der Waals surface area contributed by atoms with Crippen molar-refractivity contribution in [2.24, 2.45) is 10.1 Å². The Bertz CT molecular complexity index is 774. The van der Waals surface area contributed by atoms with Crippen LogP contribution in [-0.2, 0) is 6.42 Å². The van der Waals surface area contributed by atoms with E-state index in [0.717, 1.165) is 53.5 Å². The maximum atomic E-state index is 6.14. The summed E-state index contributed by atoms with van der Waals surface area (Å²) in [5, 5.41) is 11.7. The van der Waals surface area contributed by atoms with Gasteiger partial charge < -0.3 is 10.3 Å². The van der Waals surface area contributed by atoms with E-state index < -0.39 is 0 Å². The van der Waals surface area contributed by atoms with Crippen LogP contribution >= 0.6 is 11.6 Å². The lowest BCUT2D eigenvalue weighted by molar-refractivity contribution is 0.526. The van der Waals surface area contributed by atoms with Crippen LogP contribution in [0.4, 0.5) is 0 Å². The number of aromatic amines is 1. The number of aliphatic imine (C=N–C) groups is 1. The zero-order valence-corrected chi connectivity index (χ0v) is 12.5. The number of guanidine groups is 1. The topological polar surface area (TPSA) is 55.8 Å². The first-order valence-electron chi connectivity index (χ1n) is 7.12. The van der Waals surface area contributed by atoms with Gasteiger partial charge in [0.1, 0.15) is 0 Å². The third kappa shape index (κ3) is 2.08. The molecule has 0 atom stereocenters. The fourth-order valence-electron chi connectivity index (χ4n) is 3.04. The molecule has 1 aliphatic carbocycles. The highest BCUT2D eigenvalue weighted by Crippen LogP contribution is 2.32. The Labute approximate surface area is 127 Å². The van der Waals surface area contributed by atoms with E-state index in [0.29, 0.717) is 0 Å². The second kappa shape index (κ2) is 4.77. The molecule has 4 rings (SSSR count). The molecule has 0 spiro atoms. The maximum absolute atomic E-state index is 6.14. The van der Waals surface area contributed by atoms with E-state index in [2.05, 4.69) is 15.3 Å². The molecule has 0 radical (unpaired) electrons. The van der Waals surface area contributed by atoms with Gasteiger partial charge in [-0.15, -0.1) is 0 Å². The molecule has 0 saturated heterocycles. The van der Waals surface area contributed by atoms with E-state index in [4.69, 9.17) is 16.7 Å². The highest BCUT2D eigenvalue weighted by atomic mass is 35.5. The summed E-state index contributed by atoms with van der Waals surface area (Å²) in [5.74, 6) is 0.842. The van der Waals surface area contributed by atoms with Crippen molar-refractivity contribution in [1.82, 2.24) is 15.3 Å². The Morgan fingerprint density at radius 1 is 1.33 bits per heavy atom. The number of rotatable bonds is 1. The van der Waals surface area contributed by atoms with Crippen molar-refractivity contribution in [3.63, 3.8) is 0 Å². The molecule has 0 amide bonds. The molecule has 0 unspecified atom stereocenters. The summed E-state index contributed by atoms with van der Waals surface area (Å²) in [6, 6.07) is 5.95. The molecule has 1 aromatic heterocycles. The summed E-state index contributed by atoms with van der Waals surface area (Å²) < 4.78 is 0. The quantitative estimate of drug-likeness (QED) is 0.795. The van der Waals surface area contributed by atoms with Crippen LogP contribution in [0.15, 0.2) is 28.3 Å². The monoisotopic (exact) mass is 301 g/mol. The highest BCUT2D eigenvalue weighted by molar-refractivity contribution is 6.31. The molecule has 5 nitrogen and oxygen atoms in total. The first-order valence-corrected chi connectivity index (χ1v) is 7.50. The average Bonchev–Trinajstić information content (AvgIpc) is 3.16. The van der Waals surface area contributed by atoms with E-state index in [1.807, 2.05) is 30.3 Å². The molecule has 6 heteroatoms. The second-order valence-electron chi connectivity index (χ2n) is 5.37. The molecule has 1 aliphatic heterocycles. The van der Waals surface area contributed by atoms with Crippen LogP contribution in [0.3, 0.4) is 0 Å². The van der Waals surface area contributed by atoms with Gasteiger partial charge in [-0.3, -0.25) is 0 Å². The fraction of sp³-hybridized carbons (Fsp3) is 0.333. The standard InChI is InChI=1S/C15H16ClN5/c1-21(15-17-6-7-18-15)20-13-5-4-12-14(13)10-8-9(16)2-3-11(10)19-12/h2-3,8,19H,4-7H2,1H3,(H,17,18). The normalized spacial score (nSPS) is 19.0. The number of aryl methyl sites for hydroxylation is 1. The molecule has 0 bridgehead atoms. The molecule has 0 saturated carbocycles. The van der Waals surface area contributed by atoms with Crippen LogP contribution in [0.25, 0.3) is 10.9 Å². The fourth-order valence-corrected chi connectivity index (χ4v) is 3.21. The first kappa shape index (κ1) is 12.7.